The summed E-state index contributed by atoms with van der Waals surface area (Å²) in [5, 5.41) is 4.31. The number of carbonyl (C=O) groups is 1. The van der Waals surface area contributed by atoms with Crippen LogP contribution >= 0.6 is 0 Å². The Kier molecular flexibility index (Phi) is 3.42. The van der Waals surface area contributed by atoms with Crippen LogP contribution in [0.1, 0.15) is 21.9 Å². The molecule has 0 atom stereocenters. The summed E-state index contributed by atoms with van der Waals surface area (Å²) in [5.74, 6) is -0.0107. The topological polar surface area (TPSA) is 69.4 Å². The van der Waals surface area contributed by atoms with Gasteiger partial charge >= 0.3 is 5.97 Å². The van der Waals surface area contributed by atoms with Gasteiger partial charge in [-0.3, -0.25) is 4.98 Å². The van der Waals surface area contributed by atoms with Crippen LogP contribution in [0.5, 0.6) is 0 Å². The smallest absolute Gasteiger partial charge is 0.342 e. The van der Waals surface area contributed by atoms with E-state index in [9.17, 15) is 4.79 Å². The van der Waals surface area contributed by atoms with Gasteiger partial charge < -0.3 is 4.74 Å². The molecule has 110 valence electrons. The Morgan fingerprint density at radius 3 is 2.91 bits per heavy atom. The van der Waals surface area contributed by atoms with E-state index >= 15 is 0 Å². The van der Waals surface area contributed by atoms with Crippen molar-refractivity contribution in [3.05, 3.63) is 54.3 Å². The number of esters is 1. The third-order valence-corrected chi connectivity index (χ3v) is 3.35. The fourth-order valence-corrected chi connectivity index (χ4v) is 2.34. The largest absolute Gasteiger partial charge is 0.465 e. The fraction of sp³-hybridized carbons (Fsp3) is 0.125. The van der Waals surface area contributed by atoms with Crippen molar-refractivity contribution in [2.24, 2.45) is 0 Å². The lowest BCUT2D eigenvalue weighted by Crippen LogP contribution is -2.09. The average molecular weight is 294 g/mol. The third-order valence-electron chi connectivity index (χ3n) is 3.35. The van der Waals surface area contributed by atoms with Crippen LogP contribution in [0.25, 0.3) is 22.9 Å². The van der Waals surface area contributed by atoms with Crippen LogP contribution in [0.15, 0.2) is 37.2 Å². The van der Waals surface area contributed by atoms with Gasteiger partial charge in [0, 0.05) is 29.2 Å². The molecule has 3 aromatic heterocycles. The van der Waals surface area contributed by atoms with E-state index in [1.165, 1.54) is 13.2 Å². The number of fused-ring (bicyclic) bond motifs is 1. The van der Waals surface area contributed by atoms with Crippen LogP contribution in [0.2, 0.25) is 0 Å². The number of nitrogens with zero attached hydrogens (tertiary/aromatic N) is 4. The summed E-state index contributed by atoms with van der Waals surface area (Å²) in [4.78, 5) is 20.7. The SMILES string of the molecule is C=Cc1nc2c(C(=O)OC)c(-c3cccnc3)cc(C)n2n1. The molecule has 3 rings (SSSR count). The van der Waals surface area contributed by atoms with Crippen molar-refractivity contribution in [3.63, 3.8) is 0 Å². The van der Waals surface area contributed by atoms with Crippen LogP contribution in [0, 0.1) is 6.92 Å². The molecule has 3 aromatic rings. The summed E-state index contributed by atoms with van der Waals surface area (Å²) in [6.45, 7) is 5.56. The second-order valence-corrected chi connectivity index (χ2v) is 4.72. The maximum absolute atomic E-state index is 12.3. The molecular weight excluding hydrogens is 280 g/mol. The Morgan fingerprint density at radius 2 is 2.27 bits per heavy atom. The summed E-state index contributed by atoms with van der Waals surface area (Å²) in [7, 11) is 1.34. The van der Waals surface area contributed by atoms with Crippen LogP contribution in [-0.2, 0) is 4.74 Å². The zero-order chi connectivity index (χ0) is 15.7. The molecule has 0 bridgehead atoms. The summed E-state index contributed by atoms with van der Waals surface area (Å²) < 4.78 is 6.54. The van der Waals surface area contributed by atoms with Gasteiger partial charge in [-0.05, 0) is 25.1 Å². The van der Waals surface area contributed by atoms with E-state index in [4.69, 9.17) is 4.74 Å². The molecule has 6 heteroatoms. The second-order valence-electron chi connectivity index (χ2n) is 4.72. The minimum atomic E-state index is -0.466. The Bertz CT molecular complexity index is 869. The van der Waals surface area contributed by atoms with Crippen molar-refractivity contribution in [2.45, 2.75) is 6.92 Å². The van der Waals surface area contributed by atoms with Crippen molar-refractivity contribution in [3.8, 4) is 11.1 Å². The van der Waals surface area contributed by atoms with Crippen molar-refractivity contribution in [1.82, 2.24) is 19.6 Å². The van der Waals surface area contributed by atoms with E-state index in [0.29, 0.717) is 22.6 Å². The molecule has 0 fully saturated rings. The minimum absolute atomic E-state index is 0.363. The van der Waals surface area contributed by atoms with Gasteiger partial charge in [0.15, 0.2) is 11.5 Å². The van der Waals surface area contributed by atoms with Crippen LogP contribution < -0.4 is 0 Å². The lowest BCUT2D eigenvalue weighted by molar-refractivity contribution is 0.0603. The maximum atomic E-state index is 12.3. The minimum Gasteiger partial charge on any atom is -0.465 e. The highest BCUT2D eigenvalue weighted by Gasteiger charge is 2.22. The van der Waals surface area contributed by atoms with E-state index in [0.717, 1.165) is 11.3 Å². The fourth-order valence-electron chi connectivity index (χ4n) is 2.34. The molecule has 0 aliphatic rings. The lowest BCUT2D eigenvalue weighted by atomic mass is 10.0. The Hall–Kier alpha value is -3.02. The highest BCUT2D eigenvalue weighted by molar-refractivity contribution is 6.03. The molecule has 0 aliphatic heterocycles. The molecule has 0 saturated carbocycles. The van der Waals surface area contributed by atoms with Gasteiger partial charge in [0.1, 0.15) is 5.56 Å². The highest BCUT2D eigenvalue weighted by atomic mass is 16.5. The predicted octanol–water partition coefficient (Wildman–Crippen LogP) is 2.53. The molecule has 0 aromatic carbocycles. The van der Waals surface area contributed by atoms with E-state index in [1.54, 1.807) is 16.9 Å². The number of methoxy groups -OCH3 is 1. The van der Waals surface area contributed by atoms with E-state index in [-0.39, 0.29) is 0 Å². The molecule has 22 heavy (non-hydrogen) atoms. The first-order valence-corrected chi connectivity index (χ1v) is 6.67. The number of hydrogen-bond acceptors (Lipinski definition) is 5. The summed E-state index contributed by atoms with van der Waals surface area (Å²) >= 11 is 0. The molecule has 6 nitrogen and oxygen atoms in total. The number of hydrogen-bond donors (Lipinski definition) is 0. The molecule has 3 heterocycles. The first-order chi connectivity index (χ1) is 10.7. The third kappa shape index (κ3) is 2.14. The highest BCUT2D eigenvalue weighted by Crippen LogP contribution is 2.28. The van der Waals surface area contributed by atoms with Gasteiger partial charge in [-0.25, -0.2) is 14.3 Å². The first-order valence-electron chi connectivity index (χ1n) is 6.67. The number of ether oxygens (including phenoxy) is 1. The van der Waals surface area contributed by atoms with Gasteiger partial charge in [0.05, 0.1) is 7.11 Å². The van der Waals surface area contributed by atoms with Crippen molar-refractivity contribution < 1.29 is 9.53 Å². The van der Waals surface area contributed by atoms with Crippen LogP contribution in [0.3, 0.4) is 0 Å². The number of aromatic nitrogens is 4. The zero-order valence-electron chi connectivity index (χ0n) is 12.3. The molecule has 0 aliphatic carbocycles. The average Bonchev–Trinajstić information content (AvgIpc) is 2.99. The van der Waals surface area contributed by atoms with Crippen molar-refractivity contribution >= 4 is 17.7 Å². The molecule has 0 amide bonds. The van der Waals surface area contributed by atoms with E-state index in [2.05, 4.69) is 21.6 Å². The molecular formula is C16H14N4O2. The quantitative estimate of drug-likeness (QED) is 0.694. The molecule has 0 saturated heterocycles. The van der Waals surface area contributed by atoms with E-state index in [1.807, 2.05) is 25.1 Å². The lowest BCUT2D eigenvalue weighted by Gasteiger charge is -2.10. The number of rotatable bonds is 3. The standard InChI is InChI=1S/C16H14N4O2/c1-4-13-18-15-14(16(21)22-3)12(8-10(2)20(15)19-13)11-6-5-7-17-9-11/h4-9H,1H2,2-3H3. The molecule has 0 spiro atoms. The first kappa shape index (κ1) is 13.9. The Morgan fingerprint density at radius 1 is 1.45 bits per heavy atom. The molecule has 0 unspecified atom stereocenters. The number of aryl methyl sites for hydroxylation is 1. The summed E-state index contributed by atoms with van der Waals surface area (Å²) in [5.41, 5.74) is 3.19. The van der Waals surface area contributed by atoms with Gasteiger partial charge in [0.25, 0.3) is 0 Å². The summed E-state index contributed by atoms with van der Waals surface area (Å²) in [6, 6.07) is 5.57. The van der Waals surface area contributed by atoms with Crippen molar-refractivity contribution in [1.29, 1.82) is 0 Å². The van der Waals surface area contributed by atoms with Crippen molar-refractivity contribution in [2.75, 3.05) is 7.11 Å². The summed E-state index contributed by atoms with van der Waals surface area (Å²) in [6.07, 6.45) is 4.92. The predicted molar refractivity (Wildman–Crippen MR) is 82.4 cm³/mol. The Labute approximate surface area is 127 Å². The molecule has 0 radical (unpaired) electrons. The second kappa shape index (κ2) is 5.40. The number of carbonyl (C=O) groups excluding carboxylic acids is 1. The molecule has 0 N–H and O–H groups in total. The maximum Gasteiger partial charge on any atom is 0.342 e. The van der Waals surface area contributed by atoms with Gasteiger partial charge in [-0.2, -0.15) is 0 Å². The van der Waals surface area contributed by atoms with Crippen LogP contribution in [0.4, 0.5) is 0 Å². The van der Waals surface area contributed by atoms with Crippen LogP contribution in [-0.4, -0.2) is 32.7 Å². The van der Waals surface area contributed by atoms with Gasteiger partial charge in [-0.1, -0.05) is 12.6 Å². The van der Waals surface area contributed by atoms with E-state index < -0.39 is 5.97 Å². The normalized spacial score (nSPS) is 10.6. The van der Waals surface area contributed by atoms with Gasteiger partial charge in [0.2, 0.25) is 0 Å². The zero-order valence-corrected chi connectivity index (χ0v) is 12.3. The number of pyridine rings is 2. The Balaban J connectivity index is 2.41. The monoisotopic (exact) mass is 294 g/mol. The van der Waals surface area contributed by atoms with Gasteiger partial charge in [-0.15, -0.1) is 5.10 Å².